The summed E-state index contributed by atoms with van der Waals surface area (Å²) in [6, 6.07) is 6.51. The second kappa shape index (κ2) is 5.97. The van der Waals surface area contributed by atoms with Gasteiger partial charge in [-0.05, 0) is 81.9 Å². The molecule has 3 aliphatic carbocycles. The molecule has 1 amide bonds. The van der Waals surface area contributed by atoms with Crippen molar-refractivity contribution in [1.29, 1.82) is 0 Å². The van der Waals surface area contributed by atoms with E-state index in [1.807, 2.05) is 11.8 Å². The second-order valence-corrected chi connectivity index (χ2v) is 10.0. The van der Waals surface area contributed by atoms with Gasteiger partial charge in [0.1, 0.15) is 5.75 Å². The molecule has 4 aliphatic rings. The van der Waals surface area contributed by atoms with E-state index >= 15 is 0 Å². The summed E-state index contributed by atoms with van der Waals surface area (Å²) in [6.07, 6.45) is 7.47. The molecule has 0 bridgehead atoms. The van der Waals surface area contributed by atoms with E-state index in [0.29, 0.717) is 12.8 Å². The lowest BCUT2D eigenvalue weighted by atomic mass is 9.70. The van der Waals surface area contributed by atoms with Gasteiger partial charge in [0.05, 0.1) is 11.7 Å². The lowest BCUT2D eigenvalue weighted by Crippen LogP contribution is -2.61. The number of rotatable bonds is 4. The van der Waals surface area contributed by atoms with Crippen molar-refractivity contribution in [3.8, 4) is 5.75 Å². The minimum absolute atomic E-state index is 0.0404. The number of carbonyl (C=O) groups excluding carboxylic acids is 1. The summed E-state index contributed by atoms with van der Waals surface area (Å²) < 4.78 is 6.42. The quantitative estimate of drug-likeness (QED) is 0.878. The zero-order valence-corrected chi connectivity index (χ0v) is 16.5. The summed E-state index contributed by atoms with van der Waals surface area (Å²) in [5, 5.41) is 9.88. The highest BCUT2D eigenvalue weighted by molar-refractivity contribution is 5.81. The first-order chi connectivity index (χ1) is 12.8. The molecule has 1 N–H and O–H groups in total. The van der Waals surface area contributed by atoms with Crippen LogP contribution in [0.1, 0.15) is 68.9 Å². The fourth-order valence-corrected chi connectivity index (χ4v) is 5.67. The second-order valence-electron chi connectivity index (χ2n) is 10.0. The molecular weight excluding hydrogens is 338 g/mol. The van der Waals surface area contributed by atoms with Gasteiger partial charge in [-0.25, -0.2) is 0 Å². The van der Waals surface area contributed by atoms with E-state index in [-0.39, 0.29) is 23.3 Å². The molecule has 1 aromatic carbocycles. The first kappa shape index (κ1) is 17.5. The highest BCUT2D eigenvalue weighted by Crippen LogP contribution is 2.49. The van der Waals surface area contributed by atoms with Crippen molar-refractivity contribution < 1.29 is 14.6 Å². The number of carbonyl (C=O) groups is 1. The third-order valence-electron chi connectivity index (χ3n) is 7.38. The molecule has 1 heterocycles. The number of hydrogen-bond acceptors (Lipinski definition) is 3. The maximum absolute atomic E-state index is 12.5. The molecule has 5 rings (SSSR count). The van der Waals surface area contributed by atoms with Gasteiger partial charge >= 0.3 is 0 Å². The summed E-state index contributed by atoms with van der Waals surface area (Å²) in [7, 11) is 0. The van der Waals surface area contributed by atoms with Gasteiger partial charge in [0.15, 0.2) is 0 Å². The van der Waals surface area contributed by atoms with E-state index < -0.39 is 5.60 Å². The molecule has 0 unspecified atom stereocenters. The molecule has 1 aromatic rings. The summed E-state index contributed by atoms with van der Waals surface area (Å²) in [4.78, 5) is 14.6. The van der Waals surface area contributed by atoms with Crippen molar-refractivity contribution in [2.24, 2.45) is 11.3 Å². The van der Waals surface area contributed by atoms with E-state index in [2.05, 4.69) is 25.1 Å². The lowest BCUT2D eigenvalue weighted by molar-refractivity contribution is -0.161. The Morgan fingerprint density at radius 2 is 1.93 bits per heavy atom. The van der Waals surface area contributed by atoms with E-state index in [0.717, 1.165) is 44.0 Å². The van der Waals surface area contributed by atoms with Crippen LogP contribution in [0.3, 0.4) is 0 Å². The number of aliphatic hydroxyl groups is 1. The summed E-state index contributed by atoms with van der Waals surface area (Å²) in [5.41, 5.74) is 2.44. The van der Waals surface area contributed by atoms with Gasteiger partial charge in [0, 0.05) is 24.4 Å². The van der Waals surface area contributed by atoms with Crippen molar-refractivity contribution in [3.05, 3.63) is 29.3 Å². The highest BCUT2D eigenvalue weighted by Gasteiger charge is 2.53. The van der Waals surface area contributed by atoms with Gasteiger partial charge in [-0.15, -0.1) is 0 Å². The van der Waals surface area contributed by atoms with Crippen molar-refractivity contribution in [2.75, 3.05) is 13.1 Å². The molecule has 4 fully saturated rings. The zero-order valence-electron chi connectivity index (χ0n) is 16.5. The number of hydrogen-bond donors (Lipinski definition) is 1. The SMILES string of the molecule is Cc1c(O[C@@H]2CCC3(C2)CN(C(=O)C2CC(C)(O)C2)C3)cccc1C1CC1. The maximum Gasteiger partial charge on any atom is 0.225 e. The molecule has 146 valence electrons. The molecular formula is C23H31NO3. The van der Waals surface area contributed by atoms with Crippen molar-refractivity contribution >= 4 is 5.91 Å². The molecule has 1 aliphatic heterocycles. The predicted octanol–water partition coefficient (Wildman–Crippen LogP) is 3.79. The number of amides is 1. The Kier molecular flexibility index (Phi) is 3.88. The molecule has 4 heteroatoms. The van der Waals surface area contributed by atoms with Crippen LogP contribution < -0.4 is 4.74 Å². The predicted molar refractivity (Wildman–Crippen MR) is 104 cm³/mol. The van der Waals surface area contributed by atoms with Gasteiger partial charge in [-0.2, -0.15) is 0 Å². The first-order valence-electron chi connectivity index (χ1n) is 10.6. The van der Waals surface area contributed by atoms with Gasteiger partial charge < -0.3 is 14.7 Å². The number of likely N-dealkylation sites (tertiary alicyclic amines) is 1. The average molecular weight is 370 g/mol. The van der Waals surface area contributed by atoms with Crippen LogP contribution >= 0.6 is 0 Å². The molecule has 27 heavy (non-hydrogen) atoms. The molecule has 1 spiro atoms. The highest BCUT2D eigenvalue weighted by atomic mass is 16.5. The Balaban J connectivity index is 1.16. The first-order valence-corrected chi connectivity index (χ1v) is 10.6. The molecule has 0 radical (unpaired) electrons. The Labute approximate surface area is 161 Å². The van der Waals surface area contributed by atoms with Crippen LogP contribution in [-0.2, 0) is 4.79 Å². The monoisotopic (exact) mass is 369 g/mol. The smallest absolute Gasteiger partial charge is 0.225 e. The number of ether oxygens (including phenoxy) is 1. The fourth-order valence-electron chi connectivity index (χ4n) is 5.67. The molecule has 1 saturated heterocycles. The van der Waals surface area contributed by atoms with Crippen molar-refractivity contribution in [3.63, 3.8) is 0 Å². The lowest BCUT2D eigenvalue weighted by Gasteiger charge is -2.51. The van der Waals surface area contributed by atoms with Crippen LogP contribution in [0.4, 0.5) is 0 Å². The molecule has 4 nitrogen and oxygen atoms in total. The minimum atomic E-state index is -0.623. The average Bonchev–Trinajstić information content (AvgIpc) is 3.32. The van der Waals surface area contributed by atoms with E-state index in [1.54, 1.807) is 0 Å². The van der Waals surface area contributed by atoms with Crippen LogP contribution in [0.5, 0.6) is 5.75 Å². The minimum Gasteiger partial charge on any atom is -0.490 e. The van der Waals surface area contributed by atoms with Crippen molar-refractivity contribution in [1.82, 2.24) is 4.90 Å². The van der Waals surface area contributed by atoms with E-state index in [9.17, 15) is 9.90 Å². The zero-order chi connectivity index (χ0) is 18.8. The van der Waals surface area contributed by atoms with Gasteiger partial charge in [0.2, 0.25) is 5.91 Å². The van der Waals surface area contributed by atoms with Gasteiger partial charge in [-0.1, -0.05) is 12.1 Å². The number of nitrogens with zero attached hydrogens (tertiary/aromatic N) is 1. The summed E-state index contributed by atoms with van der Waals surface area (Å²) in [5.74, 6) is 2.11. The fraction of sp³-hybridized carbons (Fsp3) is 0.696. The summed E-state index contributed by atoms with van der Waals surface area (Å²) in [6.45, 7) is 5.79. The Bertz CT molecular complexity index is 753. The van der Waals surface area contributed by atoms with Crippen LogP contribution in [-0.4, -0.2) is 40.7 Å². The van der Waals surface area contributed by atoms with Gasteiger partial charge in [-0.3, -0.25) is 4.79 Å². The summed E-state index contributed by atoms with van der Waals surface area (Å²) >= 11 is 0. The Morgan fingerprint density at radius 3 is 2.59 bits per heavy atom. The molecule has 0 aromatic heterocycles. The normalized spacial score (nSPS) is 34.3. The largest absolute Gasteiger partial charge is 0.490 e. The van der Waals surface area contributed by atoms with Crippen LogP contribution in [0.2, 0.25) is 0 Å². The third-order valence-corrected chi connectivity index (χ3v) is 7.38. The van der Waals surface area contributed by atoms with Crippen LogP contribution in [0.15, 0.2) is 18.2 Å². The van der Waals surface area contributed by atoms with Gasteiger partial charge in [0.25, 0.3) is 0 Å². The topological polar surface area (TPSA) is 49.8 Å². The van der Waals surface area contributed by atoms with E-state index in [1.165, 1.54) is 24.0 Å². The molecule has 1 atom stereocenters. The Hall–Kier alpha value is -1.55. The Morgan fingerprint density at radius 1 is 1.19 bits per heavy atom. The molecule has 3 saturated carbocycles. The van der Waals surface area contributed by atoms with Crippen molar-refractivity contribution in [2.45, 2.75) is 76.4 Å². The van der Waals surface area contributed by atoms with Crippen LogP contribution in [0, 0.1) is 18.3 Å². The number of benzene rings is 1. The van der Waals surface area contributed by atoms with E-state index in [4.69, 9.17) is 4.74 Å². The standard InChI is InChI=1S/C23H31NO3/c1-15-19(16-6-7-16)4-3-5-20(15)27-18-8-9-23(12-18)13-24(14-23)21(25)17-10-22(2,26)11-17/h3-5,16-18,26H,6-14H2,1-2H3/t17?,18-,22?/m1/s1. The third kappa shape index (κ3) is 3.16. The maximum atomic E-state index is 12.5. The van der Waals surface area contributed by atoms with Crippen LogP contribution in [0.25, 0.3) is 0 Å².